The number of allylic oxidation sites excluding steroid dienone is 4. The molecule has 0 fully saturated rings. The van der Waals surface area contributed by atoms with E-state index in [2.05, 4.69) is 215 Å². The molecule has 12 aromatic rings. The van der Waals surface area contributed by atoms with Crippen molar-refractivity contribution in [1.82, 2.24) is 9.55 Å². The van der Waals surface area contributed by atoms with Gasteiger partial charge in [0.25, 0.3) is 0 Å². The van der Waals surface area contributed by atoms with Gasteiger partial charge in [0.1, 0.15) is 0 Å². The van der Waals surface area contributed by atoms with Gasteiger partial charge in [-0.25, -0.2) is 0 Å². The van der Waals surface area contributed by atoms with E-state index in [0.29, 0.717) is 0 Å². The van der Waals surface area contributed by atoms with Crippen LogP contribution in [0.25, 0.3) is 91.7 Å². The van der Waals surface area contributed by atoms with Crippen LogP contribution in [0.15, 0.2) is 237 Å². The molecule has 0 aliphatic carbocycles. The van der Waals surface area contributed by atoms with Gasteiger partial charge in [0.05, 0.1) is 16.7 Å². The van der Waals surface area contributed by atoms with Crippen molar-refractivity contribution < 1.29 is 0 Å². The molecule has 0 saturated carbocycles. The van der Waals surface area contributed by atoms with Crippen LogP contribution in [0, 0.1) is 0 Å². The minimum atomic E-state index is 0.966. The first-order chi connectivity index (χ1) is 31.6. The fraction of sp³-hybridized carbons (Fsp3) is 0. The zero-order valence-corrected chi connectivity index (χ0v) is 35.8. The van der Waals surface area contributed by atoms with Crippen molar-refractivity contribution >= 4 is 97.6 Å². The highest BCUT2D eigenvalue weighted by Crippen LogP contribution is 2.44. The summed E-state index contributed by atoms with van der Waals surface area (Å²) >= 11 is 1.85. The number of para-hydroxylation sites is 3. The third kappa shape index (κ3) is 6.51. The molecule has 302 valence electrons. The van der Waals surface area contributed by atoms with E-state index in [1.54, 1.807) is 0 Å². The third-order valence-corrected chi connectivity index (χ3v) is 13.7. The Morgan fingerprint density at radius 1 is 0.406 bits per heavy atom. The Balaban J connectivity index is 0.000000669. The standard InChI is InChI=1S/C54H35N3S.C6H6/c1-34-19-20-38(36-23-27-51-46(30-36)43-14-6-9-17-50(43)57(51)39-11-3-2-4-12-39)33-56(40-24-28-54-47(32-40)44-15-7-10-18-53(44)58-54)52-31-37(21-25-41(34)52)35-22-26-49-45(29-35)42-13-5-8-16-48(42)55-49;1-2-4-6-5-3-1/h2-33,55H,1H2;1-6H/b20-19-,38-33+;. The summed E-state index contributed by atoms with van der Waals surface area (Å²) in [7, 11) is 0. The van der Waals surface area contributed by atoms with E-state index in [9.17, 15) is 0 Å². The van der Waals surface area contributed by atoms with Crippen molar-refractivity contribution in [2.75, 3.05) is 4.90 Å². The number of nitrogens with zero attached hydrogens (tertiary/aromatic N) is 2. The third-order valence-electron chi connectivity index (χ3n) is 12.5. The lowest BCUT2D eigenvalue weighted by molar-refractivity contribution is 1.18. The first-order valence-electron chi connectivity index (χ1n) is 21.7. The fourth-order valence-electron chi connectivity index (χ4n) is 9.38. The van der Waals surface area contributed by atoms with Crippen LogP contribution in [0.3, 0.4) is 0 Å². The zero-order chi connectivity index (χ0) is 42.6. The molecule has 1 aliphatic heterocycles. The molecular weight excluding hydrogens is 795 g/mol. The van der Waals surface area contributed by atoms with E-state index >= 15 is 0 Å². The molecule has 0 unspecified atom stereocenters. The van der Waals surface area contributed by atoms with Gasteiger partial charge in [-0.1, -0.05) is 152 Å². The maximum Gasteiger partial charge on any atom is 0.0541 e. The van der Waals surface area contributed by atoms with Gasteiger partial charge < -0.3 is 14.5 Å². The normalized spacial score (nSPS) is 14.0. The Hall–Kier alpha value is -8.18. The van der Waals surface area contributed by atoms with E-state index in [-0.39, 0.29) is 0 Å². The average Bonchev–Trinajstić information content (AvgIpc) is 4.03. The second-order valence-electron chi connectivity index (χ2n) is 16.3. The summed E-state index contributed by atoms with van der Waals surface area (Å²) in [4.78, 5) is 5.98. The first-order valence-corrected chi connectivity index (χ1v) is 22.5. The molecule has 4 heteroatoms. The molecule has 3 nitrogen and oxygen atoms in total. The van der Waals surface area contributed by atoms with Gasteiger partial charge in [-0.05, 0) is 107 Å². The highest BCUT2D eigenvalue weighted by molar-refractivity contribution is 7.25. The predicted molar refractivity (Wildman–Crippen MR) is 276 cm³/mol. The van der Waals surface area contributed by atoms with E-state index in [0.717, 1.165) is 55.9 Å². The van der Waals surface area contributed by atoms with Crippen molar-refractivity contribution in [2.24, 2.45) is 0 Å². The molecule has 0 atom stereocenters. The van der Waals surface area contributed by atoms with E-state index in [4.69, 9.17) is 0 Å². The summed E-state index contributed by atoms with van der Waals surface area (Å²) in [6.07, 6.45) is 6.72. The summed E-state index contributed by atoms with van der Waals surface area (Å²) in [6, 6.07) is 76.1. The summed E-state index contributed by atoms with van der Waals surface area (Å²) in [5.74, 6) is 0. The number of fused-ring (bicyclic) bond motifs is 10. The topological polar surface area (TPSA) is 24.0 Å². The molecule has 1 N–H and O–H groups in total. The quantitative estimate of drug-likeness (QED) is 0.188. The number of thiophene rings is 1. The van der Waals surface area contributed by atoms with Crippen LogP contribution in [0.2, 0.25) is 0 Å². The average molecular weight is 836 g/mol. The van der Waals surface area contributed by atoms with Crippen molar-refractivity contribution in [3.63, 3.8) is 0 Å². The fourth-order valence-corrected chi connectivity index (χ4v) is 10.5. The van der Waals surface area contributed by atoms with Crippen LogP contribution in [-0.4, -0.2) is 9.55 Å². The minimum Gasteiger partial charge on any atom is -0.355 e. The number of aromatic nitrogens is 2. The molecule has 3 aromatic heterocycles. The molecule has 4 heterocycles. The number of hydrogen-bond acceptors (Lipinski definition) is 2. The Morgan fingerprint density at radius 2 is 1.03 bits per heavy atom. The van der Waals surface area contributed by atoms with Crippen LogP contribution < -0.4 is 4.90 Å². The summed E-state index contributed by atoms with van der Waals surface area (Å²) in [5.41, 5.74) is 14.7. The summed E-state index contributed by atoms with van der Waals surface area (Å²) < 4.78 is 4.96. The number of rotatable bonds is 4. The largest absolute Gasteiger partial charge is 0.355 e. The molecule has 0 saturated heterocycles. The maximum absolute atomic E-state index is 4.65. The van der Waals surface area contributed by atoms with Gasteiger partial charge in [-0.3, -0.25) is 0 Å². The number of benzene rings is 9. The number of hydrogen-bond donors (Lipinski definition) is 1. The number of aromatic amines is 1. The minimum absolute atomic E-state index is 0.966. The Kier molecular flexibility index (Phi) is 9.17. The van der Waals surface area contributed by atoms with Gasteiger partial charge in [-0.15, -0.1) is 11.3 Å². The van der Waals surface area contributed by atoms with E-state index < -0.39 is 0 Å². The maximum atomic E-state index is 4.65. The SMILES string of the molecule is C=C1/C=C\C(c2ccc3c(c2)c2ccccc2n3-c2ccccc2)=C/N(c2ccc3sc4ccccc4c3c2)c2cc(-c3ccc4[nH]c5ccccc5c4c3)ccc21.c1ccccc1. The number of H-pyrrole nitrogens is 1. The molecule has 1 aliphatic rings. The molecule has 0 bridgehead atoms. The number of nitrogens with one attached hydrogen (secondary N) is 1. The van der Waals surface area contributed by atoms with Crippen molar-refractivity contribution in [2.45, 2.75) is 0 Å². The zero-order valence-electron chi connectivity index (χ0n) is 34.9. The van der Waals surface area contributed by atoms with Gasteiger partial charge in [0.15, 0.2) is 0 Å². The molecular formula is C60H41N3S. The first kappa shape index (κ1) is 37.6. The second-order valence-corrected chi connectivity index (χ2v) is 17.4. The predicted octanol–water partition coefficient (Wildman–Crippen LogP) is 16.9. The lowest BCUT2D eigenvalue weighted by Crippen LogP contribution is -2.13. The monoisotopic (exact) mass is 835 g/mol. The van der Waals surface area contributed by atoms with Crippen LogP contribution in [-0.2, 0) is 0 Å². The second kappa shape index (κ2) is 15.6. The highest BCUT2D eigenvalue weighted by atomic mass is 32.1. The van der Waals surface area contributed by atoms with Crippen LogP contribution in [0.1, 0.15) is 11.1 Å². The highest BCUT2D eigenvalue weighted by Gasteiger charge is 2.21. The van der Waals surface area contributed by atoms with Crippen LogP contribution in [0.5, 0.6) is 0 Å². The Labute approximate surface area is 375 Å². The van der Waals surface area contributed by atoms with Crippen molar-refractivity contribution in [3.05, 3.63) is 248 Å². The summed E-state index contributed by atoms with van der Waals surface area (Å²) in [5, 5.41) is 7.47. The van der Waals surface area contributed by atoms with Gasteiger partial charge in [0.2, 0.25) is 0 Å². The molecule has 64 heavy (non-hydrogen) atoms. The van der Waals surface area contributed by atoms with Gasteiger partial charge in [-0.2, -0.15) is 0 Å². The van der Waals surface area contributed by atoms with Gasteiger partial charge >= 0.3 is 0 Å². The number of anilines is 2. The Morgan fingerprint density at radius 3 is 1.88 bits per heavy atom. The van der Waals surface area contributed by atoms with Crippen LogP contribution >= 0.6 is 11.3 Å². The Bertz CT molecular complexity index is 3780. The van der Waals surface area contributed by atoms with E-state index in [1.165, 1.54) is 58.3 Å². The smallest absolute Gasteiger partial charge is 0.0541 e. The van der Waals surface area contributed by atoms with Crippen molar-refractivity contribution in [1.29, 1.82) is 0 Å². The summed E-state index contributed by atoms with van der Waals surface area (Å²) in [6.45, 7) is 4.65. The van der Waals surface area contributed by atoms with Crippen LogP contribution in [0.4, 0.5) is 11.4 Å². The molecule has 13 rings (SSSR count). The van der Waals surface area contributed by atoms with Crippen molar-refractivity contribution in [3.8, 4) is 16.8 Å². The molecule has 9 aromatic carbocycles. The molecule has 0 spiro atoms. The molecule has 0 radical (unpaired) electrons. The lowest BCUT2D eigenvalue weighted by atomic mass is 9.94. The lowest BCUT2D eigenvalue weighted by Gasteiger charge is -2.28. The van der Waals surface area contributed by atoms with E-state index in [1.807, 2.05) is 47.7 Å². The molecule has 0 amide bonds. The van der Waals surface area contributed by atoms with Gasteiger partial charge in [0, 0.05) is 75.9 Å².